The summed E-state index contributed by atoms with van der Waals surface area (Å²) in [6, 6.07) is 1.99. The van der Waals surface area contributed by atoms with E-state index < -0.39 is 0 Å². The predicted octanol–water partition coefficient (Wildman–Crippen LogP) is 0.897. The van der Waals surface area contributed by atoms with Crippen molar-refractivity contribution in [1.29, 1.82) is 5.26 Å². The number of nitrogens with zero attached hydrogens (tertiary/aromatic N) is 6. The lowest BCUT2D eigenvalue weighted by molar-refractivity contribution is -0.130. The molecule has 1 aromatic heterocycles. The summed E-state index contributed by atoms with van der Waals surface area (Å²) in [4.78, 5) is 16.2. The molecule has 0 radical (unpaired) electrons. The Hall–Kier alpha value is -2.14. The second kappa shape index (κ2) is 5.93. The van der Waals surface area contributed by atoms with Crippen LogP contribution >= 0.6 is 0 Å². The van der Waals surface area contributed by atoms with Crippen LogP contribution in [0.3, 0.4) is 0 Å². The summed E-state index contributed by atoms with van der Waals surface area (Å²) in [5, 5.41) is 23.7. The van der Waals surface area contributed by atoms with E-state index >= 15 is 0 Å². The first-order valence-corrected chi connectivity index (χ1v) is 9.82. The fourth-order valence-electron chi connectivity index (χ4n) is 5.23. The first-order chi connectivity index (χ1) is 12.7. The molecule has 0 aromatic carbocycles. The normalized spacial score (nSPS) is 37.0. The van der Waals surface area contributed by atoms with E-state index in [0.29, 0.717) is 12.5 Å². The van der Waals surface area contributed by atoms with Crippen molar-refractivity contribution in [3.8, 4) is 6.07 Å². The molecule has 1 N–H and O–H groups in total. The first kappa shape index (κ1) is 18.2. The molecule has 1 aromatic rings. The number of amides is 1. The standard InChI is InChI=1S/C19H29N7O/c1-14-9-15(10-20)24(12-14)16(27)11-21-18(4)5-6-19(17(18,2)3)13-25(19)26-22-7-8-23-26/h7-8,14-15,21H,5-6,9,11-13H2,1-4H3/t14?,15-,18-,19+,25?/m0/s1. The van der Waals surface area contributed by atoms with Crippen LogP contribution in [0.25, 0.3) is 0 Å². The van der Waals surface area contributed by atoms with Gasteiger partial charge in [-0.05, 0) is 32.1 Å². The quantitative estimate of drug-likeness (QED) is 0.791. The van der Waals surface area contributed by atoms with Crippen molar-refractivity contribution in [3.63, 3.8) is 0 Å². The van der Waals surface area contributed by atoms with Gasteiger partial charge in [0.05, 0.1) is 37.1 Å². The molecule has 1 amide bonds. The van der Waals surface area contributed by atoms with Crippen LogP contribution in [0.4, 0.5) is 0 Å². The molecule has 3 heterocycles. The predicted molar refractivity (Wildman–Crippen MR) is 100 cm³/mol. The number of carbonyl (C=O) groups excluding carboxylic acids is 1. The smallest absolute Gasteiger partial charge is 0.237 e. The highest BCUT2D eigenvalue weighted by Crippen LogP contribution is 2.60. The van der Waals surface area contributed by atoms with Gasteiger partial charge in [-0.3, -0.25) is 9.80 Å². The van der Waals surface area contributed by atoms with E-state index in [2.05, 4.69) is 54.3 Å². The van der Waals surface area contributed by atoms with Crippen LogP contribution in [0.1, 0.15) is 47.0 Å². The molecule has 8 nitrogen and oxygen atoms in total. The second-order valence-corrected chi connectivity index (χ2v) is 9.23. The van der Waals surface area contributed by atoms with Crippen molar-refractivity contribution in [2.45, 2.75) is 64.1 Å². The molecule has 0 bridgehead atoms. The van der Waals surface area contributed by atoms with Gasteiger partial charge in [-0.2, -0.15) is 5.26 Å². The highest BCUT2D eigenvalue weighted by molar-refractivity contribution is 5.79. The molecule has 1 spiro atoms. The summed E-state index contributed by atoms with van der Waals surface area (Å²) in [6.07, 6.45) is 6.21. The Labute approximate surface area is 160 Å². The largest absolute Gasteiger partial charge is 0.325 e. The summed E-state index contributed by atoms with van der Waals surface area (Å²) in [5.74, 6) is 0.423. The Kier molecular flexibility index (Phi) is 4.00. The third kappa shape index (κ3) is 2.55. The van der Waals surface area contributed by atoms with Crippen LogP contribution in [-0.4, -0.2) is 62.7 Å². The van der Waals surface area contributed by atoms with E-state index in [1.807, 2.05) is 0 Å². The number of hydrogen-bond donors (Lipinski definition) is 1. The van der Waals surface area contributed by atoms with Gasteiger partial charge in [0, 0.05) is 17.5 Å². The van der Waals surface area contributed by atoms with Crippen molar-refractivity contribution < 1.29 is 4.79 Å². The van der Waals surface area contributed by atoms with E-state index in [0.717, 1.165) is 25.8 Å². The number of aromatic nitrogens is 3. The van der Waals surface area contributed by atoms with Crippen LogP contribution in [0.5, 0.6) is 0 Å². The highest BCUT2D eigenvalue weighted by atomic mass is 16.2. The average molecular weight is 371 g/mol. The van der Waals surface area contributed by atoms with Gasteiger partial charge in [-0.15, -0.1) is 10.2 Å². The van der Waals surface area contributed by atoms with E-state index in [4.69, 9.17) is 0 Å². The third-order valence-corrected chi connectivity index (χ3v) is 7.62. The van der Waals surface area contributed by atoms with Gasteiger partial charge >= 0.3 is 0 Å². The van der Waals surface area contributed by atoms with Gasteiger partial charge in [-0.1, -0.05) is 25.7 Å². The van der Waals surface area contributed by atoms with Crippen molar-refractivity contribution in [1.82, 2.24) is 25.3 Å². The van der Waals surface area contributed by atoms with Gasteiger partial charge in [0.25, 0.3) is 0 Å². The molecule has 3 aliphatic rings. The fourth-order valence-corrected chi connectivity index (χ4v) is 5.23. The molecule has 4 rings (SSSR count). The maximum Gasteiger partial charge on any atom is 0.237 e. The first-order valence-electron chi connectivity index (χ1n) is 9.82. The maximum atomic E-state index is 12.8. The average Bonchev–Trinajstić information content (AvgIpc) is 2.94. The third-order valence-electron chi connectivity index (χ3n) is 7.62. The van der Waals surface area contributed by atoms with E-state index in [9.17, 15) is 10.1 Å². The monoisotopic (exact) mass is 371 g/mol. The van der Waals surface area contributed by atoms with Crippen LogP contribution in [0.2, 0.25) is 0 Å². The number of likely N-dealkylation sites (tertiary alicyclic amines) is 1. The number of nitriles is 1. The van der Waals surface area contributed by atoms with Gasteiger partial charge in [0.15, 0.2) is 0 Å². The zero-order valence-corrected chi connectivity index (χ0v) is 16.6. The molecule has 8 heteroatoms. The zero-order chi connectivity index (χ0) is 19.4. The van der Waals surface area contributed by atoms with Crippen molar-refractivity contribution >= 4 is 5.91 Å². The van der Waals surface area contributed by atoms with E-state index in [1.54, 1.807) is 22.2 Å². The summed E-state index contributed by atoms with van der Waals surface area (Å²) in [5.41, 5.74) is -0.201. The van der Waals surface area contributed by atoms with Crippen LogP contribution < -0.4 is 10.3 Å². The number of hydrogen-bond acceptors (Lipinski definition) is 6. The molecule has 1 aliphatic carbocycles. The van der Waals surface area contributed by atoms with Crippen molar-refractivity contribution in [3.05, 3.63) is 12.4 Å². The molecular weight excluding hydrogens is 342 g/mol. The lowest BCUT2D eigenvalue weighted by Crippen LogP contribution is -2.57. The minimum absolute atomic E-state index is 0.0220. The van der Waals surface area contributed by atoms with Crippen molar-refractivity contribution in [2.24, 2.45) is 11.3 Å². The summed E-state index contributed by atoms with van der Waals surface area (Å²) < 4.78 is 0. The molecule has 27 heavy (non-hydrogen) atoms. The molecule has 2 aliphatic heterocycles. The number of nitrogens with one attached hydrogen (secondary N) is 1. The van der Waals surface area contributed by atoms with Gasteiger partial charge in [0.1, 0.15) is 6.04 Å². The van der Waals surface area contributed by atoms with Gasteiger partial charge in [-0.25, -0.2) is 0 Å². The van der Waals surface area contributed by atoms with Gasteiger partial charge < -0.3 is 10.2 Å². The van der Waals surface area contributed by atoms with E-state index in [1.165, 1.54) is 0 Å². The molecule has 1 saturated carbocycles. The lowest BCUT2D eigenvalue weighted by atomic mass is 9.70. The van der Waals surface area contributed by atoms with Crippen LogP contribution in [-0.2, 0) is 4.79 Å². The Morgan fingerprint density at radius 2 is 2.00 bits per heavy atom. The Morgan fingerprint density at radius 3 is 2.67 bits per heavy atom. The second-order valence-electron chi connectivity index (χ2n) is 9.23. The minimum Gasteiger partial charge on any atom is -0.325 e. The van der Waals surface area contributed by atoms with Crippen LogP contribution in [0, 0.1) is 22.7 Å². The Balaban J connectivity index is 1.44. The topological polar surface area (TPSA) is 89.8 Å². The Bertz CT molecular complexity index is 770. The minimum atomic E-state index is -0.283. The molecular formula is C19H29N7O. The zero-order valence-electron chi connectivity index (χ0n) is 16.6. The SMILES string of the molecule is CC1C[C@@H](C#N)N(C(=O)CN[C@@]2(C)CC[C@@]3(CN3n3nccn3)C2(C)C)C1. The highest BCUT2D eigenvalue weighted by Gasteiger charge is 2.72. The summed E-state index contributed by atoms with van der Waals surface area (Å²) in [6.45, 7) is 10.8. The summed E-state index contributed by atoms with van der Waals surface area (Å²) in [7, 11) is 0. The molecule has 146 valence electrons. The van der Waals surface area contributed by atoms with E-state index in [-0.39, 0.29) is 35.0 Å². The summed E-state index contributed by atoms with van der Waals surface area (Å²) >= 11 is 0. The molecule has 3 fully saturated rings. The van der Waals surface area contributed by atoms with Crippen molar-refractivity contribution in [2.75, 3.05) is 24.6 Å². The number of rotatable bonds is 4. The molecule has 1 unspecified atom stereocenters. The maximum absolute atomic E-state index is 12.8. The molecule has 2 saturated heterocycles. The fraction of sp³-hybridized carbons (Fsp3) is 0.789. The Morgan fingerprint density at radius 1 is 1.30 bits per heavy atom. The van der Waals surface area contributed by atoms with Crippen LogP contribution in [0.15, 0.2) is 12.4 Å². The molecule has 4 atom stereocenters. The lowest BCUT2D eigenvalue weighted by Gasteiger charge is -2.42. The number of carbonyl (C=O) groups is 1. The van der Waals surface area contributed by atoms with Gasteiger partial charge in [0.2, 0.25) is 5.91 Å².